The van der Waals surface area contributed by atoms with E-state index in [1.807, 2.05) is 19.0 Å². The smallest absolute Gasteiger partial charge is 0.419 e. The number of aromatic amines is 1. The van der Waals surface area contributed by atoms with Gasteiger partial charge in [0.05, 0.1) is 11.3 Å². The van der Waals surface area contributed by atoms with Crippen molar-refractivity contribution >= 4 is 5.91 Å². The molecule has 4 rings (SSSR count). The first-order valence-electron chi connectivity index (χ1n) is 12.0. The van der Waals surface area contributed by atoms with E-state index in [0.29, 0.717) is 56.0 Å². The maximum Gasteiger partial charge on any atom is 0.419 e. The fraction of sp³-hybridized carbons (Fsp3) is 0.440. The first kappa shape index (κ1) is 27.5. The summed E-state index contributed by atoms with van der Waals surface area (Å²) < 4.78 is 60.1. The Morgan fingerprint density at radius 2 is 1.97 bits per heavy atom. The summed E-state index contributed by atoms with van der Waals surface area (Å²) in [4.78, 5) is 24.0. The van der Waals surface area contributed by atoms with E-state index >= 15 is 0 Å². The first-order chi connectivity index (χ1) is 18.1. The molecule has 0 saturated carbocycles. The Morgan fingerprint density at radius 1 is 1.24 bits per heavy atom. The number of nitrogens with one attached hydrogen (secondary N) is 1. The second-order valence-corrected chi connectivity index (χ2v) is 9.24. The van der Waals surface area contributed by atoms with E-state index in [1.54, 1.807) is 11.0 Å². The third-order valence-electron chi connectivity index (χ3n) is 6.39. The van der Waals surface area contributed by atoms with Gasteiger partial charge in [0.25, 0.3) is 0 Å². The van der Waals surface area contributed by atoms with Gasteiger partial charge < -0.3 is 19.6 Å². The molecule has 1 fully saturated rings. The predicted octanol–water partition coefficient (Wildman–Crippen LogP) is 3.33. The van der Waals surface area contributed by atoms with Gasteiger partial charge in [-0.1, -0.05) is 0 Å². The third-order valence-corrected chi connectivity index (χ3v) is 6.39. The van der Waals surface area contributed by atoms with Crippen LogP contribution in [0, 0.1) is 5.82 Å². The van der Waals surface area contributed by atoms with Crippen molar-refractivity contribution in [1.82, 2.24) is 30.0 Å². The first-order valence-corrected chi connectivity index (χ1v) is 12.0. The lowest BCUT2D eigenvalue weighted by atomic mass is 9.88. The van der Waals surface area contributed by atoms with Gasteiger partial charge in [-0.15, -0.1) is 0 Å². The van der Waals surface area contributed by atoms with Gasteiger partial charge in [-0.3, -0.25) is 9.89 Å². The largest absolute Gasteiger partial charge is 0.462 e. The van der Waals surface area contributed by atoms with Gasteiger partial charge in [0.15, 0.2) is 0 Å². The molecule has 0 aliphatic carbocycles. The minimum Gasteiger partial charge on any atom is -0.462 e. The van der Waals surface area contributed by atoms with Gasteiger partial charge in [0.1, 0.15) is 24.7 Å². The molecular weight excluding hydrogens is 508 g/mol. The zero-order valence-corrected chi connectivity index (χ0v) is 20.9. The number of alkyl halides is 3. The standard InChI is InChI=1S/C25H28F4N6O3/c1-34(2)11-12-38-24-30-8-5-19(31-24)21-22(15-6-9-35(10-7-15)20(37)14-36)32-33-23(21)16-3-4-18(26)17(13-16)25(27,28)29/h3-5,8,13,15,36H,6-7,9-12,14H2,1-2H3,(H,32,33). The maximum atomic E-state index is 14.0. The summed E-state index contributed by atoms with van der Waals surface area (Å²) in [6, 6.07) is 4.45. The second-order valence-electron chi connectivity index (χ2n) is 9.24. The van der Waals surface area contributed by atoms with Crippen molar-refractivity contribution in [2.24, 2.45) is 0 Å². The summed E-state index contributed by atoms with van der Waals surface area (Å²) in [5.74, 6) is -1.86. The number of likely N-dealkylation sites (tertiary alicyclic amines) is 1. The van der Waals surface area contributed by atoms with Gasteiger partial charge >= 0.3 is 12.2 Å². The highest BCUT2D eigenvalue weighted by Gasteiger charge is 2.35. The Morgan fingerprint density at radius 3 is 2.63 bits per heavy atom. The van der Waals surface area contributed by atoms with E-state index in [-0.39, 0.29) is 29.1 Å². The Labute approximate surface area is 216 Å². The van der Waals surface area contributed by atoms with Crippen molar-refractivity contribution < 1.29 is 32.2 Å². The number of nitrogens with zero attached hydrogens (tertiary/aromatic N) is 5. The van der Waals surface area contributed by atoms with Crippen LogP contribution in [0.25, 0.3) is 22.5 Å². The van der Waals surface area contributed by atoms with Crippen molar-refractivity contribution in [3.05, 3.63) is 47.5 Å². The molecule has 38 heavy (non-hydrogen) atoms. The van der Waals surface area contributed by atoms with Crippen LogP contribution in [-0.2, 0) is 11.0 Å². The number of rotatable bonds is 8. The Balaban J connectivity index is 1.75. The van der Waals surface area contributed by atoms with Crippen LogP contribution in [0.1, 0.15) is 30.0 Å². The molecule has 0 unspecified atom stereocenters. The van der Waals surface area contributed by atoms with Crippen LogP contribution in [0.3, 0.4) is 0 Å². The lowest BCUT2D eigenvalue weighted by molar-refractivity contribution is -0.140. The van der Waals surface area contributed by atoms with Gasteiger partial charge in [-0.05, 0) is 51.2 Å². The molecule has 1 aliphatic heterocycles. The van der Waals surface area contributed by atoms with E-state index in [4.69, 9.17) is 9.84 Å². The molecule has 1 aromatic carbocycles. The molecule has 9 nitrogen and oxygen atoms in total. The number of hydrogen-bond acceptors (Lipinski definition) is 7. The van der Waals surface area contributed by atoms with Crippen molar-refractivity contribution in [2.75, 3.05) is 46.9 Å². The van der Waals surface area contributed by atoms with Gasteiger partial charge in [0, 0.05) is 48.6 Å². The third kappa shape index (κ3) is 6.10. The number of aliphatic hydroxyl groups is 1. The SMILES string of the molecule is CN(C)CCOc1nccc(-c2c(-c3ccc(F)c(C(F)(F)F)c3)n[nH]c2C2CCN(C(=O)CO)CC2)n1. The predicted molar refractivity (Wildman–Crippen MR) is 130 cm³/mol. The molecule has 0 bridgehead atoms. The number of amides is 1. The average molecular weight is 537 g/mol. The van der Waals surface area contributed by atoms with Gasteiger partial charge in [-0.2, -0.15) is 23.3 Å². The molecule has 2 aromatic heterocycles. The van der Waals surface area contributed by atoms with E-state index in [9.17, 15) is 22.4 Å². The number of piperidine rings is 1. The molecule has 0 radical (unpaired) electrons. The molecule has 13 heteroatoms. The lowest BCUT2D eigenvalue weighted by Gasteiger charge is -2.31. The number of carbonyl (C=O) groups is 1. The zero-order valence-electron chi connectivity index (χ0n) is 20.9. The lowest BCUT2D eigenvalue weighted by Crippen LogP contribution is -2.39. The summed E-state index contributed by atoms with van der Waals surface area (Å²) in [5, 5.41) is 16.5. The molecule has 0 spiro atoms. The Hall–Kier alpha value is -3.58. The Kier molecular flexibility index (Phi) is 8.26. The number of halogens is 4. The number of hydrogen-bond donors (Lipinski definition) is 2. The summed E-state index contributed by atoms with van der Waals surface area (Å²) in [7, 11) is 3.78. The minimum atomic E-state index is -4.88. The molecular formula is C25H28F4N6O3. The number of likely N-dealkylation sites (N-methyl/N-ethyl adjacent to an activating group) is 1. The minimum absolute atomic E-state index is 0.0674. The van der Waals surface area contributed by atoms with Crippen molar-refractivity contribution in [3.8, 4) is 28.5 Å². The van der Waals surface area contributed by atoms with Gasteiger partial charge in [-0.25, -0.2) is 9.37 Å². The van der Waals surface area contributed by atoms with Crippen LogP contribution < -0.4 is 4.74 Å². The highest BCUT2D eigenvalue weighted by molar-refractivity contribution is 5.82. The molecule has 3 heterocycles. The summed E-state index contributed by atoms with van der Waals surface area (Å²) in [6.07, 6.45) is -2.32. The van der Waals surface area contributed by atoms with Gasteiger partial charge in [0.2, 0.25) is 5.91 Å². The molecule has 204 valence electrons. The quantitative estimate of drug-likeness (QED) is 0.426. The average Bonchev–Trinajstić information content (AvgIpc) is 3.33. The normalized spacial score (nSPS) is 14.8. The molecule has 2 N–H and O–H groups in total. The molecule has 0 atom stereocenters. The fourth-order valence-electron chi connectivity index (χ4n) is 4.40. The van der Waals surface area contributed by atoms with E-state index in [0.717, 1.165) is 12.1 Å². The molecule has 1 aliphatic rings. The van der Waals surface area contributed by atoms with E-state index in [2.05, 4.69) is 20.2 Å². The monoisotopic (exact) mass is 536 g/mol. The van der Waals surface area contributed by atoms with Crippen molar-refractivity contribution in [2.45, 2.75) is 24.9 Å². The topological polar surface area (TPSA) is 107 Å². The molecule has 3 aromatic rings. The number of benzene rings is 1. The highest BCUT2D eigenvalue weighted by Crippen LogP contribution is 2.41. The van der Waals surface area contributed by atoms with Crippen LogP contribution in [-0.4, -0.2) is 87.9 Å². The van der Waals surface area contributed by atoms with Crippen LogP contribution in [0.2, 0.25) is 0 Å². The number of H-pyrrole nitrogens is 1. The summed E-state index contributed by atoms with van der Waals surface area (Å²) >= 11 is 0. The fourth-order valence-corrected chi connectivity index (χ4v) is 4.40. The van der Waals surface area contributed by atoms with Crippen LogP contribution >= 0.6 is 0 Å². The van der Waals surface area contributed by atoms with E-state index < -0.39 is 24.2 Å². The highest BCUT2D eigenvalue weighted by atomic mass is 19.4. The number of aliphatic hydroxyl groups excluding tert-OH is 1. The Bertz CT molecular complexity index is 1270. The summed E-state index contributed by atoms with van der Waals surface area (Å²) in [5.41, 5.74) is 0.320. The molecule has 1 amide bonds. The number of ether oxygens (including phenoxy) is 1. The number of carbonyl (C=O) groups excluding carboxylic acids is 1. The molecule has 1 saturated heterocycles. The summed E-state index contributed by atoms with van der Waals surface area (Å²) in [6.45, 7) is 1.17. The second kappa shape index (κ2) is 11.4. The van der Waals surface area contributed by atoms with Crippen molar-refractivity contribution in [1.29, 1.82) is 0 Å². The van der Waals surface area contributed by atoms with Crippen LogP contribution in [0.4, 0.5) is 17.6 Å². The zero-order chi connectivity index (χ0) is 27.4. The van der Waals surface area contributed by atoms with Crippen molar-refractivity contribution in [3.63, 3.8) is 0 Å². The number of aromatic nitrogens is 4. The van der Waals surface area contributed by atoms with Crippen LogP contribution in [0.5, 0.6) is 6.01 Å². The maximum absolute atomic E-state index is 14.0. The van der Waals surface area contributed by atoms with E-state index in [1.165, 1.54) is 12.3 Å². The van der Waals surface area contributed by atoms with Crippen LogP contribution in [0.15, 0.2) is 30.5 Å².